The van der Waals surface area contributed by atoms with Gasteiger partial charge in [0.2, 0.25) is 17.7 Å². The zero-order valence-corrected chi connectivity index (χ0v) is 38.6. The molecule has 1 unspecified atom stereocenters. The Labute approximate surface area is 395 Å². The van der Waals surface area contributed by atoms with Gasteiger partial charge in [0.25, 0.3) is 21.8 Å². The molecule has 5 rings (SSSR count). The van der Waals surface area contributed by atoms with Gasteiger partial charge in [0.1, 0.15) is 18.7 Å². The third-order valence-electron chi connectivity index (χ3n) is 10.6. The van der Waals surface area contributed by atoms with Crippen LogP contribution in [0.5, 0.6) is 0 Å². The summed E-state index contributed by atoms with van der Waals surface area (Å²) in [6.07, 6.45) is -1.83. The average Bonchev–Trinajstić information content (AvgIpc) is 3.89. The lowest BCUT2D eigenvalue weighted by atomic mass is 10.0. The molecule has 1 aliphatic rings. The molecule has 2 atom stereocenters. The fraction of sp³-hybridized carbons (Fsp3) is 0.348. The number of primary amides is 1. The maximum absolute atomic E-state index is 13.6. The van der Waals surface area contributed by atoms with Crippen LogP contribution < -0.4 is 31.7 Å². The van der Waals surface area contributed by atoms with E-state index in [0.717, 1.165) is 33.3 Å². The van der Waals surface area contributed by atoms with E-state index in [-0.39, 0.29) is 72.0 Å². The van der Waals surface area contributed by atoms with Crippen molar-refractivity contribution < 1.29 is 59.9 Å². The molecule has 8 amide bonds. The number of imide groups is 1. The van der Waals surface area contributed by atoms with Gasteiger partial charge in [-0.05, 0) is 86.6 Å². The number of nitrogens with two attached hydrogens (primary N) is 1. The Bertz CT molecular complexity index is 2640. The van der Waals surface area contributed by atoms with E-state index in [1.165, 1.54) is 48.6 Å². The molecule has 7 N–H and O–H groups in total. The molecule has 19 nitrogen and oxygen atoms in total. The number of unbranched alkanes of at least 4 members (excludes halogenated alkanes) is 2. The van der Waals surface area contributed by atoms with Gasteiger partial charge in [0.15, 0.2) is 5.69 Å². The summed E-state index contributed by atoms with van der Waals surface area (Å²) in [5.74, 6) is -2.82. The van der Waals surface area contributed by atoms with Crippen LogP contribution in [0.1, 0.15) is 69.2 Å². The molecule has 0 fully saturated rings. The molecule has 0 saturated heterocycles. The number of alkyl halides is 3. The SMILES string of the molecule is Cc1ccc(-c2cc(C(F)(F)F)nn2-c2ccc(S(=O)(=O)NC(=O)OCc3ccc(NC(=O)C(CCCNC(N)=O)NC(=O)[C@@H](NC(=O)CCCCCN4C(=O)C=CC4=O)C(C)C)cc3)cc2)cc1. The molecule has 0 saturated carbocycles. The van der Waals surface area contributed by atoms with Crippen LogP contribution in [-0.2, 0) is 51.5 Å². The van der Waals surface area contributed by atoms with E-state index < -0.39 is 70.4 Å². The maximum atomic E-state index is 13.6. The second-order valence-electron chi connectivity index (χ2n) is 16.3. The van der Waals surface area contributed by atoms with Gasteiger partial charge in [-0.15, -0.1) is 0 Å². The van der Waals surface area contributed by atoms with E-state index in [9.17, 15) is 55.2 Å². The van der Waals surface area contributed by atoms with Crippen molar-refractivity contribution in [1.82, 2.24) is 35.4 Å². The van der Waals surface area contributed by atoms with Crippen LogP contribution in [0, 0.1) is 12.8 Å². The first-order valence-electron chi connectivity index (χ1n) is 21.7. The molecule has 0 bridgehead atoms. The fourth-order valence-electron chi connectivity index (χ4n) is 6.89. The van der Waals surface area contributed by atoms with Gasteiger partial charge in [0.05, 0.1) is 16.3 Å². The number of ether oxygens (including phenoxy) is 1. The highest BCUT2D eigenvalue weighted by Gasteiger charge is 2.35. The van der Waals surface area contributed by atoms with Crippen molar-refractivity contribution in [3.05, 3.63) is 108 Å². The number of anilines is 1. The number of benzene rings is 3. The highest BCUT2D eigenvalue weighted by atomic mass is 32.2. The van der Waals surface area contributed by atoms with Gasteiger partial charge in [0, 0.05) is 42.9 Å². The third-order valence-corrected chi connectivity index (χ3v) is 11.9. The molecule has 0 spiro atoms. The minimum atomic E-state index is -4.75. The first kappa shape index (κ1) is 52.4. The average molecular weight is 980 g/mol. The van der Waals surface area contributed by atoms with Crippen LogP contribution in [-0.4, -0.2) is 89.9 Å². The Hall–Kier alpha value is -7.56. The molecule has 1 aliphatic heterocycles. The summed E-state index contributed by atoms with van der Waals surface area (Å²) in [5.41, 5.74) is 6.23. The molecule has 3 aromatic carbocycles. The lowest BCUT2D eigenvalue weighted by Gasteiger charge is -2.25. The normalized spacial score (nSPS) is 13.5. The van der Waals surface area contributed by atoms with Crippen molar-refractivity contribution in [2.75, 3.05) is 18.4 Å². The summed E-state index contributed by atoms with van der Waals surface area (Å²) in [5, 5.41) is 14.2. The Morgan fingerprint density at radius 3 is 2.09 bits per heavy atom. The van der Waals surface area contributed by atoms with Gasteiger partial charge >= 0.3 is 18.3 Å². The van der Waals surface area contributed by atoms with Crippen molar-refractivity contribution in [3.8, 4) is 16.9 Å². The van der Waals surface area contributed by atoms with Crippen molar-refractivity contribution in [1.29, 1.82) is 0 Å². The van der Waals surface area contributed by atoms with Crippen molar-refractivity contribution >= 4 is 57.4 Å². The Morgan fingerprint density at radius 1 is 0.826 bits per heavy atom. The summed E-state index contributed by atoms with van der Waals surface area (Å²) in [6.45, 7) is 5.19. The largest absolute Gasteiger partial charge is 0.444 e. The van der Waals surface area contributed by atoms with Gasteiger partial charge in [-0.3, -0.25) is 28.9 Å². The van der Waals surface area contributed by atoms with E-state index in [0.29, 0.717) is 30.4 Å². The number of nitrogens with one attached hydrogen (secondary N) is 5. The number of hydrogen-bond acceptors (Lipinski definition) is 11. The number of hydrogen-bond donors (Lipinski definition) is 6. The molecule has 368 valence electrons. The quantitative estimate of drug-likeness (QED) is 0.0452. The second kappa shape index (κ2) is 23.4. The van der Waals surface area contributed by atoms with E-state index in [1.54, 1.807) is 42.8 Å². The van der Waals surface area contributed by atoms with Gasteiger partial charge < -0.3 is 31.7 Å². The second-order valence-corrected chi connectivity index (χ2v) is 18.0. The first-order chi connectivity index (χ1) is 32.6. The van der Waals surface area contributed by atoms with E-state index >= 15 is 0 Å². The number of aryl methyl sites for hydroxylation is 1. The van der Waals surface area contributed by atoms with Crippen molar-refractivity contribution in [3.63, 3.8) is 0 Å². The summed E-state index contributed by atoms with van der Waals surface area (Å²) < 4.78 is 75.0. The van der Waals surface area contributed by atoms with Gasteiger partial charge in [-0.25, -0.2) is 27.4 Å². The number of amides is 8. The van der Waals surface area contributed by atoms with E-state index in [1.807, 2.05) is 6.92 Å². The van der Waals surface area contributed by atoms with Crippen LogP contribution in [0.15, 0.2) is 95.9 Å². The molecular formula is C46H52F3N9O10S. The maximum Gasteiger partial charge on any atom is 0.435 e. The highest BCUT2D eigenvalue weighted by Crippen LogP contribution is 2.33. The summed E-state index contributed by atoms with van der Waals surface area (Å²) in [4.78, 5) is 87.9. The number of aromatic nitrogens is 2. The van der Waals surface area contributed by atoms with Gasteiger partial charge in [-0.2, -0.15) is 18.3 Å². The summed E-state index contributed by atoms with van der Waals surface area (Å²) in [7, 11) is -4.51. The van der Waals surface area contributed by atoms with Crippen molar-refractivity contribution in [2.45, 2.75) is 89.1 Å². The number of carbonyl (C=O) groups excluding carboxylic acids is 7. The predicted octanol–water partition coefficient (Wildman–Crippen LogP) is 4.98. The smallest absolute Gasteiger partial charge is 0.435 e. The monoisotopic (exact) mass is 979 g/mol. The zero-order valence-electron chi connectivity index (χ0n) is 37.8. The Morgan fingerprint density at radius 2 is 1.48 bits per heavy atom. The Balaban J connectivity index is 1.13. The van der Waals surface area contributed by atoms with Crippen LogP contribution >= 0.6 is 0 Å². The summed E-state index contributed by atoms with van der Waals surface area (Å²) >= 11 is 0. The Kier molecular flexibility index (Phi) is 17.8. The minimum Gasteiger partial charge on any atom is -0.444 e. The molecule has 0 radical (unpaired) electrons. The lowest BCUT2D eigenvalue weighted by Crippen LogP contribution is -2.54. The van der Waals surface area contributed by atoms with Crippen LogP contribution in [0.2, 0.25) is 0 Å². The number of rotatable bonds is 22. The molecule has 2 heterocycles. The zero-order chi connectivity index (χ0) is 50.5. The minimum absolute atomic E-state index is 0.0599. The first-order valence-corrected chi connectivity index (χ1v) is 23.2. The number of sulfonamides is 1. The number of nitrogens with zero attached hydrogens (tertiary/aromatic N) is 3. The highest BCUT2D eigenvalue weighted by molar-refractivity contribution is 7.90. The standard InChI is InChI=1S/C46H52F3N9O10S/c1-28(2)41(54-38(59)9-5-4-6-25-57-39(60)22-23-40(57)61)43(63)53-35(8-7-24-51-44(50)64)42(62)52-32-16-12-30(13-17-32)27-68-45(65)56-69(66,67)34-20-18-33(19-21-34)58-36(26-37(55-58)46(47,48)49)31-14-10-29(3)11-15-31/h10-23,26,28,35,41H,4-9,24-25,27H2,1-3H3,(H,52,62)(H,53,63)(H,54,59)(H,56,65)(H3,50,51,64)/t35?,41-/m0/s1. The molecule has 69 heavy (non-hydrogen) atoms. The number of urea groups is 1. The van der Waals surface area contributed by atoms with Crippen LogP contribution in [0.3, 0.4) is 0 Å². The van der Waals surface area contributed by atoms with Gasteiger partial charge in [-0.1, -0.05) is 62.2 Å². The van der Waals surface area contributed by atoms with Crippen LogP contribution in [0.4, 0.5) is 28.4 Å². The van der Waals surface area contributed by atoms with E-state index in [4.69, 9.17) is 10.5 Å². The molecule has 1 aromatic heterocycles. The molecule has 23 heteroatoms. The van der Waals surface area contributed by atoms with Crippen LogP contribution in [0.25, 0.3) is 16.9 Å². The molecule has 4 aromatic rings. The molecule has 0 aliphatic carbocycles. The predicted molar refractivity (Wildman–Crippen MR) is 244 cm³/mol. The fourth-order valence-corrected chi connectivity index (χ4v) is 7.78. The van der Waals surface area contributed by atoms with Crippen molar-refractivity contribution in [2.24, 2.45) is 11.7 Å². The third kappa shape index (κ3) is 15.2. The topological polar surface area (TPSA) is 270 Å². The number of carbonyl (C=O) groups is 7. The lowest BCUT2D eigenvalue weighted by molar-refractivity contribution is -0.141. The summed E-state index contributed by atoms with van der Waals surface area (Å²) in [6, 6.07) is 15.3. The van der Waals surface area contributed by atoms with E-state index in [2.05, 4.69) is 26.4 Å². The molecular weight excluding hydrogens is 928 g/mol. The number of halogens is 3.